The zero-order valence-corrected chi connectivity index (χ0v) is 9.44. The molecule has 0 amide bonds. The Morgan fingerprint density at radius 2 is 2.08 bits per heavy atom. The van der Waals surface area contributed by atoms with Crippen LogP contribution in [-0.2, 0) is 0 Å². The van der Waals surface area contributed by atoms with E-state index in [2.05, 4.69) is 0 Å². The summed E-state index contributed by atoms with van der Waals surface area (Å²) in [6, 6.07) is 4.03. The summed E-state index contributed by atoms with van der Waals surface area (Å²) in [6.07, 6.45) is 0. The number of phenols is 1. The summed E-state index contributed by atoms with van der Waals surface area (Å²) in [5, 5.41) is 17.6. The molecule has 0 aliphatic carbocycles. The number of carboxylic acid groups (broad SMARTS) is 1. The van der Waals surface area contributed by atoms with Gasteiger partial charge in [-0.15, -0.1) is 0 Å². The molecule has 0 aliphatic rings. The van der Waals surface area contributed by atoms with Crippen LogP contribution in [0.5, 0.6) is 11.5 Å². The number of carbonyl (C=O) groups is 1. The van der Waals surface area contributed by atoms with Crippen LogP contribution >= 0.6 is 0 Å². The van der Waals surface area contributed by atoms with Crippen LogP contribution in [0.1, 0.15) is 10.4 Å². The standard InChI is InChI=1S/C8H8O4.Na/c1-12-5-2-3-7(9)6(4-5)8(10)11;/h2-4,9H,1H3,(H,10,11);. The van der Waals surface area contributed by atoms with Crippen molar-refractivity contribution in [1.29, 1.82) is 0 Å². The largest absolute Gasteiger partial charge is 0.507 e. The second kappa shape index (κ2) is 5.11. The summed E-state index contributed by atoms with van der Waals surface area (Å²) in [7, 11) is 1.43. The Bertz CT molecular complexity index is 311. The van der Waals surface area contributed by atoms with Gasteiger partial charge in [0.2, 0.25) is 0 Å². The predicted molar refractivity (Wildman–Crippen MR) is 47.4 cm³/mol. The maximum Gasteiger partial charge on any atom is 0.339 e. The summed E-state index contributed by atoms with van der Waals surface area (Å²) in [6.45, 7) is 0. The Balaban J connectivity index is 0.00000144. The fraction of sp³-hybridized carbons (Fsp3) is 0.125. The van der Waals surface area contributed by atoms with Crippen LogP contribution in [-0.4, -0.2) is 52.8 Å². The number of aromatic hydroxyl groups is 1. The topological polar surface area (TPSA) is 66.8 Å². The normalized spacial score (nSPS) is 8.69. The van der Waals surface area contributed by atoms with E-state index in [4.69, 9.17) is 14.9 Å². The number of benzene rings is 1. The summed E-state index contributed by atoms with van der Waals surface area (Å²) in [5.41, 5.74) is -0.158. The molecule has 0 unspecified atom stereocenters. The first kappa shape index (κ1) is 12.3. The zero-order chi connectivity index (χ0) is 9.14. The van der Waals surface area contributed by atoms with Gasteiger partial charge in [0, 0.05) is 29.6 Å². The minimum Gasteiger partial charge on any atom is -0.507 e. The van der Waals surface area contributed by atoms with E-state index in [1.54, 1.807) is 0 Å². The molecule has 1 aromatic rings. The third kappa shape index (κ3) is 2.91. The first-order valence-corrected chi connectivity index (χ1v) is 3.25. The average Bonchev–Trinajstić information content (AvgIpc) is 2.05. The third-order valence-corrected chi connectivity index (χ3v) is 1.43. The number of carboxylic acids is 1. The SMILES string of the molecule is COc1ccc(O)c(C(=O)O)c1.[Na]. The van der Waals surface area contributed by atoms with Gasteiger partial charge in [0.25, 0.3) is 0 Å². The van der Waals surface area contributed by atoms with E-state index in [-0.39, 0.29) is 40.9 Å². The van der Waals surface area contributed by atoms with Crippen LogP contribution < -0.4 is 4.74 Å². The molecule has 0 saturated carbocycles. The summed E-state index contributed by atoms with van der Waals surface area (Å²) >= 11 is 0. The average molecular weight is 191 g/mol. The van der Waals surface area contributed by atoms with Crippen molar-refractivity contribution in [3.8, 4) is 11.5 Å². The van der Waals surface area contributed by atoms with Gasteiger partial charge in [0.1, 0.15) is 17.1 Å². The number of hydrogen-bond acceptors (Lipinski definition) is 3. The van der Waals surface area contributed by atoms with Gasteiger partial charge in [-0.1, -0.05) is 0 Å². The molecule has 0 saturated heterocycles. The fourth-order valence-corrected chi connectivity index (χ4v) is 0.813. The molecule has 0 heterocycles. The number of hydrogen-bond donors (Lipinski definition) is 2. The Labute approximate surface area is 97.4 Å². The van der Waals surface area contributed by atoms with E-state index in [0.717, 1.165) is 0 Å². The van der Waals surface area contributed by atoms with Crippen molar-refractivity contribution in [2.45, 2.75) is 0 Å². The molecule has 0 aliphatic heterocycles. The van der Waals surface area contributed by atoms with Gasteiger partial charge in [0.15, 0.2) is 0 Å². The van der Waals surface area contributed by atoms with Gasteiger partial charge < -0.3 is 14.9 Å². The molecule has 4 nitrogen and oxygen atoms in total. The summed E-state index contributed by atoms with van der Waals surface area (Å²) < 4.78 is 4.79. The third-order valence-electron chi connectivity index (χ3n) is 1.43. The second-order valence-corrected chi connectivity index (χ2v) is 2.19. The van der Waals surface area contributed by atoms with Crippen LogP contribution in [0, 0.1) is 0 Å². The van der Waals surface area contributed by atoms with E-state index in [1.165, 1.54) is 25.3 Å². The predicted octanol–water partition coefficient (Wildman–Crippen LogP) is 0.718. The molecule has 0 atom stereocenters. The molecule has 0 bridgehead atoms. The zero-order valence-electron chi connectivity index (χ0n) is 7.44. The van der Waals surface area contributed by atoms with Crippen molar-refractivity contribution in [2.75, 3.05) is 7.11 Å². The van der Waals surface area contributed by atoms with Gasteiger partial charge in [-0.25, -0.2) is 4.79 Å². The molecule has 1 radical (unpaired) electrons. The smallest absolute Gasteiger partial charge is 0.339 e. The van der Waals surface area contributed by atoms with E-state index < -0.39 is 5.97 Å². The number of aromatic carboxylic acids is 1. The van der Waals surface area contributed by atoms with Crippen molar-refractivity contribution < 1.29 is 19.7 Å². The van der Waals surface area contributed by atoms with Crippen LogP contribution in [0.25, 0.3) is 0 Å². The molecule has 13 heavy (non-hydrogen) atoms. The fourth-order valence-electron chi connectivity index (χ4n) is 0.813. The number of methoxy groups -OCH3 is 1. The van der Waals surface area contributed by atoms with E-state index in [9.17, 15) is 4.79 Å². The van der Waals surface area contributed by atoms with E-state index in [0.29, 0.717) is 5.75 Å². The van der Waals surface area contributed by atoms with Crippen molar-refractivity contribution in [2.24, 2.45) is 0 Å². The molecule has 0 aromatic heterocycles. The maximum atomic E-state index is 10.5. The van der Waals surface area contributed by atoms with Gasteiger partial charge in [-0.2, -0.15) is 0 Å². The molecule has 0 spiro atoms. The van der Waals surface area contributed by atoms with Crippen molar-refractivity contribution in [3.63, 3.8) is 0 Å². The Morgan fingerprint density at radius 3 is 2.54 bits per heavy atom. The molecule has 5 heteroatoms. The molecule has 65 valence electrons. The van der Waals surface area contributed by atoms with Crippen LogP contribution in [0.4, 0.5) is 0 Å². The van der Waals surface area contributed by atoms with Gasteiger partial charge >= 0.3 is 5.97 Å². The van der Waals surface area contributed by atoms with Crippen LogP contribution in [0.15, 0.2) is 18.2 Å². The van der Waals surface area contributed by atoms with Gasteiger partial charge in [-0.05, 0) is 18.2 Å². The molecular weight excluding hydrogens is 183 g/mol. The van der Waals surface area contributed by atoms with Crippen LogP contribution in [0.3, 0.4) is 0 Å². The monoisotopic (exact) mass is 191 g/mol. The molecule has 2 N–H and O–H groups in total. The summed E-state index contributed by atoms with van der Waals surface area (Å²) in [4.78, 5) is 10.5. The van der Waals surface area contributed by atoms with Crippen molar-refractivity contribution >= 4 is 35.5 Å². The number of ether oxygens (including phenoxy) is 1. The van der Waals surface area contributed by atoms with E-state index >= 15 is 0 Å². The first-order valence-electron chi connectivity index (χ1n) is 3.25. The molecule has 0 fully saturated rings. The Kier molecular flexibility index (Phi) is 4.83. The second-order valence-electron chi connectivity index (χ2n) is 2.19. The Morgan fingerprint density at radius 1 is 1.46 bits per heavy atom. The van der Waals surface area contributed by atoms with Gasteiger partial charge in [-0.3, -0.25) is 0 Å². The maximum absolute atomic E-state index is 10.5. The van der Waals surface area contributed by atoms with Crippen LogP contribution in [0.2, 0.25) is 0 Å². The quantitative estimate of drug-likeness (QED) is 0.676. The first-order chi connectivity index (χ1) is 5.65. The van der Waals surface area contributed by atoms with Crippen molar-refractivity contribution in [3.05, 3.63) is 23.8 Å². The minimum atomic E-state index is -1.17. The molecule has 1 aromatic carbocycles. The van der Waals surface area contributed by atoms with Crippen molar-refractivity contribution in [1.82, 2.24) is 0 Å². The molecular formula is C8H8NaO4. The van der Waals surface area contributed by atoms with E-state index in [1.807, 2.05) is 0 Å². The summed E-state index contributed by atoms with van der Waals surface area (Å²) in [5.74, 6) is -1.03. The number of rotatable bonds is 2. The molecule has 1 rings (SSSR count). The minimum absolute atomic E-state index is 0. The Hall–Kier alpha value is -0.710. The van der Waals surface area contributed by atoms with Gasteiger partial charge in [0.05, 0.1) is 7.11 Å².